The number of sulfonamides is 1. The standard InChI is InChI=1S/C25H24N2O5S/c1-16-7-10-21(11-8-16)33(30,31)27-15-24(32-23-13-17(2)9-12-22(23)27)25(29)26-20-6-4-5-19(14-20)18(3)28/h4-14,24H,15H2,1-3H3,(H,26,29). The first-order valence-corrected chi connectivity index (χ1v) is 11.9. The summed E-state index contributed by atoms with van der Waals surface area (Å²) in [5.74, 6) is -0.318. The van der Waals surface area contributed by atoms with Crippen LogP contribution in [0.4, 0.5) is 11.4 Å². The number of Topliss-reactive ketones (excluding diaryl/α,β-unsaturated/α-hetero) is 1. The van der Waals surface area contributed by atoms with E-state index in [2.05, 4.69) is 5.32 Å². The number of benzene rings is 3. The number of anilines is 2. The zero-order valence-electron chi connectivity index (χ0n) is 18.5. The second-order valence-electron chi connectivity index (χ2n) is 8.05. The number of hydrogen-bond donors (Lipinski definition) is 1. The van der Waals surface area contributed by atoms with Crippen molar-refractivity contribution in [2.75, 3.05) is 16.2 Å². The van der Waals surface area contributed by atoms with Crippen LogP contribution in [0, 0.1) is 13.8 Å². The summed E-state index contributed by atoms with van der Waals surface area (Å²) in [7, 11) is -3.93. The molecule has 1 aliphatic heterocycles. The molecule has 1 heterocycles. The molecule has 0 aromatic heterocycles. The molecular weight excluding hydrogens is 440 g/mol. The van der Waals surface area contributed by atoms with Crippen LogP contribution in [-0.2, 0) is 14.8 Å². The SMILES string of the molecule is CC(=O)c1cccc(NC(=O)C2CN(S(=O)(=O)c3ccc(C)cc3)c3ccc(C)cc3O2)c1. The number of rotatable bonds is 5. The first-order valence-electron chi connectivity index (χ1n) is 10.4. The minimum atomic E-state index is -3.93. The van der Waals surface area contributed by atoms with E-state index < -0.39 is 22.0 Å². The van der Waals surface area contributed by atoms with Gasteiger partial charge in [0.05, 0.1) is 17.1 Å². The van der Waals surface area contributed by atoms with Gasteiger partial charge in [-0.15, -0.1) is 0 Å². The molecule has 0 saturated carbocycles. The molecule has 3 aromatic rings. The van der Waals surface area contributed by atoms with Crippen LogP contribution in [-0.4, -0.2) is 32.8 Å². The molecule has 1 aliphatic rings. The van der Waals surface area contributed by atoms with E-state index in [0.29, 0.717) is 22.7 Å². The Bertz CT molecular complexity index is 1330. The molecule has 1 atom stereocenters. The second kappa shape index (κ2) is 8.71. The van der Waals surface area contributed by atoms with Crippen molar-refractivity contribution in [3.8, 4) is 5.75 Å². The van der Waals surface area contributed by atoms with Crippen LogP contribution in [0.5, 0.6) is 5.75 Å². The lowest BCUT2D eigenvalue weighted by Gasteiger charge is -2.35. The Morgan fingerprint density at radius 1 is 0.970 bits per heavy atom. The van der Waals surface area contributed by atoms with E-state index >= 15 is 0 Å². The normalized spacial score (nSPS) is 15.4. The van der Waals surface area contributed by atoms with E-state index in [4.69, 9.17) is 4.74 Å². The smallest absolute Gasteiger partial charge is 0.267 e. The third kappa shape index (κ3) is 4.61. The number of hydrogen-bond acceptors (Lipinski definition) is 5. The van der Waals surface area contributed by atoms with Gasteiger partial charge in [0, 0.05) is 11.3 Å². The molecule has 4 rings (SSSR count). The largest absolute Gasteiger partial charge is 0.476 e. The van der Waals surface area contributed by atoms with Crippen molar-refractivity contribution in [2.45, 2.75) is 31.8 Å². The third-order valence-corrected chi connectivity index (χ3v) is 7.22. The maximum atomic E-state index is 13.5. The lowest BCUT2D eigenvalue weighted by Crippen LogP contribution is -2.48. The third-order valence-electron chi connectivity index (χ3n) is 5.42. The summed E-state index contributed by atoms with van der Waals surface area (Å²) in [4.78, 5) is 24.8. The van der Waals surface area contributed by atoms with Gasteiger partial charge < -0.3 is 10.1 Å². The molecular formula is C25H24N2O5S. The molecule has 3 aromatic carbocycles. The lowest BCUT2D eigenvalue weighted by molar-refractivity contribution is -0.122. The molecule has 170 valence electrons. The van der Waals surface area contributed by atoms with Crippen LogP contribution >= 0.6 is 0 Å². The van der Waals surface area contributed by atoms with Crippen LogP contribution in [0.2, 0.25) is 0 Å². The molecule has 1 N–H and O–H groups in total. The number of ether oxygens (including phenoxy) is 1. The van der Waals surface area contributed by atoms with Crippen molar-refractivity contribution < 1.29 is 22.7 Å². The van der Waals surface area contributed by atoms with Gasteiger partial charge in [0.1, 0.15) is 5.75 Å². The summed E-state index contributed by atoms with van der Waals surface area (Å²) in [6.45, 7) is 4.99. The summed E-state index contributed by atoms with van der Waals surface area (Å²) in [6.07, 6.45) is -1.08. The van der Waals surface area contributed by atoms with Crippen LogP contribution in [0.1, 0.15) is 28.4 Å². The summed E-state index contributed by atoms with van der Waals surface area (Å²) in [6, 6.07) is 18.3. The fraction of sp³-hybridized carbons (Fsp3) is 0.200. The molecule has 1 amide bonds. The predicted molar refractivity (Wildman–Crippen MR) is 126 cm³/mol. The van der Waals surface area contributed by atoms with Gasteiger partial charge in [-0.05, 0) is 62.7 Å². The van der Waals surface area contributed by atoms with Crippen LogP contribution in [0.25, 0.3) is 0 Å². The molecule has 8 heteroatoms. The Kier molecular flexibility index (Phi) is 5.95. The first kappa shape index (κ1) is 22.5. The maximum Gasteiger partial charge on any atom is 0.267 e. The van der Waals surface area contributed by atoms with Gasteiger partial charge in [-0.1, -0.05) is 35.9 Å². The van der Waals surface area contributed by atoms with Crippen LogP contribution in [0.3, 0.4) is 0 Å². The lowest BCUT2D eigenvalue weighted by atomic mass is 10.1. The summed E-state index contributed by atoms with van der Waals surface area (Å²) >= 11 is 0. The molecule has 0 aliphatic carbocycles. The van der Waals surface area contributed by atoms with Gasteiger partial charge >= 0.3 is 0 Å². The molecule has 0 spiro atoms. The van der Waals surface area contributed by atoms with E-state index in [-0.39, 0.29) is 17.2 Å². The van der Waals surface area contributed by atoms with E-state index in [1.807, 2.05) is 13.8 Å². The van der Waals surface area contributed by atoms with Crippen molar-refractivity contribution in [1.29, 1.82) is 0 Å². The number of carbonyl (C=O) groups is 2. The molecule has 33 heavy (non-hydrogen) atoms. The van der Waals surface area contributed by atoms with E-state index in [9.17, 15) is 18.0 Å². The molecule has 0 fully saturated rings. The monoisotopic (exact) mass is 464 g/mol. The van der Waals surface area contributed by atoms with Crippen molar-refractivity contribution >= 4 is 33.1 Å². The fourth-order valence-corrected chi connectivity index (χ4v) is 5.08. The highest BCUT2D eigenvalue weighted by Crippen LogP contribution is 2.38. The Morgan fingerprint density at radius 2 is 1.67 bits per heavy atom. The number of nitrogens with one attached hydrogen (secondary N) is 1. The number of aryl methyl sites for hydroxylation is 2. The molecule has 1 unspecified atom stereocenters. The van der Waals surface area contributed by atoms with E-state index in [1.165, 1.54) is 11.2 Å². The number of fused-ring (bicyclic) bond motifs is 1. The van der Waals surface area contributed by atoms with Crippen LogP contribution < -0.4 is 14.4 Å². The van der Waals surface area contributed by atoms with Crippen molar-refractivity contribution in [2.24, 2.45) is 0 Å². The Morgan fingerprint density at radius 3 is 2.36 bits per heavy atom. The number of nitrogens with zero attached hydrogens (tertiary/aromatic N) is 1. The van der Waals surface area contributed by atoms with Gasteiger partial charge in [0.25, 0.3) is 15.9 Å². The Balaban J connectivity index is 1.68. The van der Waals surface area contributed by atoms with Crippen molar-refractivity contribution in [1.82, 2.24) is 0 Å². The average Bonchev–Trinajstić information content (AvgIpc) is 2.78. The topological polar surface area (TPSA) is 92.8 Å². The predicted octanol–water partition coefficient (Wildman–Crippen LogP) is 4.10. The highest BCUT2D eigenvalue weighted by Gasteiger charge is 2.37. The van der Waals surface area contributed by atoms with Crippen LogP contribution in [0.15, 0.2) is 71.6 Å². The summed E-state index contributed by atoms with van der Waals surface area (Å²) in [5.41, 5.74) is 3.08. The molecule has 7 nitrogen and oxygen atoms in total. The minimum Gasteiger partial charge on any atom is -0.476 e. The summed E-state index contributed by atoms with van der Waals surface area (Å²) in [5, 5.41) is 2.73. The summed E-state index contributed by atoms with van der Waals surface area (Å²) < 4.78 is 34.1. The number of amides is 1. The van der Waals surface area contributed by atoms with Gasteiger partial charge in [-0.2, -0.15) is 0 Å². The highest BCUT2D eigenvalue weighted by atomic mass is 32.2. The zero-order chi connectivity index (χ0) is 23.8. The highest BCUT2D eigenvalue weighted by molar-refractivity contribution is 7.92. The number of ketones is 1. The molecule has 0 radical (unpaired) electrons. The van der Waals surface area contributed by atoms with Gasteiger partial charge in [0.2, 0.25) is 0 Å². The van der Waals surface area contributed by atoms with Gasteiger partial charge in [0.15, 0.2) is 11.9 Å². The van der Waals surface area contributed by atoms with E-state index in [1.54, 1.807) is 66.7 Å². The molecule has 0 bridgehead atoms. The second-order valence-corrected chi connectivity index (χ2v) is 9.92. The Labute approximate surface area is 193 Å². The molecule has 0 saturated heterocycles. The maximum absolute atomic E-state index is 13.5. The van der Waals surface area contributed by atoms with Crippen molar-refractivity contribution in [3.63, 3.8) is 0 Å². The van der Waals surface area contributed by atoms with Gasteiger partial charge in [-0.3, -0.25) is 13.9 Å². The van der Waals surface area contributed by atoms with E-state index in [0.717, 1.165) is 11.1 Å². The number of carbonyl (C=O) groups excluding carboxylic acids is 2. The van der Waals surface area contributed by atoms with Crippen molar-refractivity contribution in [3.05, 3.63) is 83.4 Å². The fourth-order valence-electron chi connectivity index (χ4n) is 3.60. The zero-order valence-corrected chi connectivity index (χ0v) is 19.3. The minimum absolute atomic E-state index is 0.125. The quantitative estimate of drug-likeness (QED) is 0.574. The average molecular weight is 465 g/mol. The van der Waals surface area contributed by atoms with Gasteiger partial charge in [-0.25, -0.2) is 8.42 Å². The first-order chi connectivity index (χ1) is 15.6. The Hall–Kier alpha value is -3.65.